The van der Waals surface area contributed by atoms with Crippen molar-refractivity contribution in [3.63, 3.8) is 0 Å². The second kappa shape index (κ2) is 7.11. The fourth-order valence-corrected chi connectivity index (χ4v) is 2.80. The van der Waals surface area contributed by atoms with Crippen molar-refractivity contribution in [2.45, 2.75) is 32.0 Å². The van der Waals surface area contributed by atoms with Crippen molar-refractivity contribution in [3.8, 4) is 0 Å². The number of carbonyl (C=O) groups is 1. The summed E-state index contributed by atoms with van der Waals surface area (Å²) in [5.41, 5.74) is -0.905. The van der Waals surface area contributed by atoms with Gasteiger partial charge in [-0.15, -0.1) is 0 Å². The van der Waals surface area contributed by atoms with E-state index >= 15 is 0 Å². The first kappa shape index (κ1) is 18.7. The molecule has 1 N–H and O–H groups in total. The molecule has 1 aliphatic heterocycles. The lowest BCUT2D eigenvalue weighted by atomic mass is 10.1. The van der Waals surface area contributed by atoms with E-state index in [0.717, 1.165) is 12.1 Å². The summed E-state index contributed by atoms with van der Waals surface area (Å²) in [6.07, 6.45) is -4.26. The van der Waals surface area contributed by atoms with Gasteiger partial charge in [-0.05, 0) is 31.5 Å². The molecule has 24 heavy (non-hydrogen) atoms. The van der Waals surface area contributed by atoms with Crippen LogP contribution in [0.5, 0.6) is 0 Å². The van der Waals surface area contributed by atoms with Crippen LogP contribution in [0.4, 0.5) is 13.2 Å². The van der Waals surface area contributed by atoms with Crippen LogP contribution >= 0.6 is 0 Å². The molecule has 1 fully saturated rings. The summed E-state index contributed by atoms with van der Waals surface area (Å²) in [5, 5.41) is 9.82. The van der Waals surface area contributed by atoms with E-state index in [1.165, 1.54) is 12.1 Å². The summed E-state index contributed by atoms with van der Waals surface area (Å²) in [6.45, 7) is 6.54. The van der Waals surface area contributed by atoms with Crippen molar-refractivity contribution in [1.29, 1.82) is 0 Å². The Morgan fingerprint density at radius 3 is 2.08 bits per heavy atom. The van der Waals surface area contributed by atoms with Crippen LogP contribution < -0.4 is 0 Å². The van der Waals surface area contributed by atoms with Crippen LogP contribution in [0.15, 0.2) is 24.3 Å². The quantitative estimate of drug-likeness (QED) is 0.910. The molecule has 1 amide bonds. The van der Waals surface area contributed by atoms with Gasteiger partial charge in [-0.3, -0.25) is 9.69 Å². The normalized spacial score (nSPS) is 17.2. The van der Waals surface area contributed by atoms with Crippen molar-refractivity contribution in [3.05, 3.63) is 35.4 Å². The van der Waals surface area contributed by atoms with Gasteiger partial charge in [0.05, 0.1) is 17.6 Å². The highest BCUT2D eigenvalue weighted by atomic mass is 19.4. The van der Waals surface area contributed by atoms with Gasteiger partial charge in [0.1, 0.15) is 0 Å². The van der Waals surface area contributed by atoms with Crippen molar-refractivity contribution >= 4 is 5.91 Å². The maximum Gasteiger partial charge on any atom is 0.416 e. The van der Waals surface area contributed by atoms with Crippen LogP contribution in [0.2, 0.25) is 0 Å². The lowest BCUT2D eigenvalue weighted by Gasteiger charge is -2.37. The summed E-state index contributed by atoms with van der Waals surface area (Å²) in [5.74, 6) is -0.0855. The van der Waals surface area contributed by atoms with E-state index in [1.54, 1.807) is 18.7 Å². The predicted molar refractivity (Wildman–Crippen MR) is 84.5 cm³/mol. The van der Waals surface area contributed by atoms with E-state index in [9.17, 15) is 23.1 Å². The number of halogens is 3. The summed E-state index contributed by atoms with van der Waals surface area (Å²) in [6, 6.07) is 4.71. The molecular weight excluding hydrogens is 321 g/mol. The average molecular weight is 344 g/mol. The monoisotopic (exact) mass is 344 g/mol. The number of amides is 1. The molecule has 7 heteroatoms. The Hall–Kier alpha value is -1.60. The lowest BCUT2D eigenvalue weighted by molar-refractivity contribution is -0.137. The zero-order chi connectivity index (χ0) is 18.0. The zero-order valence-corrected chi connectivity index (χ0v) is 13.9. The Morgan fingerprint density at radius 2 is 1.62 bits per heavy atom. The number of rotatable bonds is 4. The number of carbonyl (C=O) groups excluding carboxylic acids is 1. The number of benzene rings is 1. The third-order valence-corrected chi connectivity index (χ3v) is 3.97. The number of β-amino-alcohol motifs (C(OH)–C–C–N with tert-alkyl or cyclic N) is 1. The average Bonchev–Trinajstić information content (AvgIpc) is 2.46. The second-order valence-corrected chi connectivity index (χ2v) is 6.84. The number of nitrogens with zero attached hydrogens (tertiary/aromatic N) is 2. The topological polar surface area (TPSA) is 43.8 Å². The molecule has 1 aliphatic rings. The Bertz CT molecular complexity index is 557. The van der Waals surface area contributed by atoms with Gasteiger partial charge in [-0.25, -0.2) is 0 Å². The molecule has 0 aliphatic carbocycles. The van der Waals surface area contributed by atoms with Crippen molar-refractivity contribution in [1.82, 2.24) is 9.80 Å². The molecule has 0 radical (unpaired) electrons. The van der Waals surface area contributed by atoms with Crippen molar-refractivity contribution in [2.75, 3.05) is 32.7 Å². The Balaban J connectivity index is 1.85. The first-order valence-electron chi connectivity index (χ1n) is 7.93. The van der Waals surface area contributed by atoms with Gasteiger partial charge >= 0.3 is 6.18 Å². The summed E-state index contributed by atoms with van der Waals surface area (Å²) in [7, 11) is 0. The largest absolute Gasteiger partial charge is 0.416 e. The molecule has 0 unspecified atom stereocenters. The van der Waals surface area contributed by atoms with E-state index < -0.39 is 17.3 Å². The SMILES string of the molecule is CC(C)(O)CN1CCN(C(=O)Cc2ccc(C(F)(F)F)cc2)CC1. The van der Waals surface area contributed by atoms with Gasteiger partial charge in [-0.2, -0.15) is 13.2 Å². The highest BCUT2D eigenvalue weighted by molar-refractivity contribution is 5.78. The molecule has 1 aromatic rings. The molecule has 0 saturated carbocycles. The molecule has 134 valence electrons. The Morgan fingerprint density at radius 1 is 1.08 bits per heavy atom. The number of piperazine rings is 1. The second-order valence-electron chi connectivity index (χ2n) is 6.84. The van der Waals surface area contributed by atoms with Crippen molar-refractivity contribution in [2.24, 2.45) is 0 Å². The fraction of sp³-hybridized carbons (Fsp3) is 0.588. The Kier molecular flexibility index (Phi) is 5.55. The van der Waals surface area contributed by atoms with E-state index in [4.69, 9.17) is 0 Å². The molecule has 1 heterocycles. The van der Waals surface area contributed by atoms with Crippen molar-refractivity contribution < 1.29 is 23.1 Å². The van der Waals surface area contributed by atoms with E-state index in [0.29, 0.717) is 38.3 Å². The van der Waals surface area contributed by atoms with Gasteiger partial charge in [-0.1, -0.05) is 12.1 Å². The van der Waals surface area contributed by atoms with Crippen LogP contribution in [0.1, 0.15) is 25.0 Å². The molecule has 0 atom stereocenters. The van der Waals surface area contributed by atoms with Gasteiger partial charge < -0.3 is 10.0 Å². The van der Waals surface area contributed by atoms with E-state index in [-0.39, 0.29) is 12.3 Å². The van der Waals surface area contributed by atoms with Crippen LogP contribution in [0, 0.1) is 0 Å². The first-order chi connectivity index (χ1) is 11.0. The molecule has 0 spiro atoms. The van der Waals surface area contributed by atoms with Crippen LogP contribution in [0.3, 0.4) is 0 Å². The molecular formula is C17H23F3N2O2. The van der Waals surface area contributed by atoms with Gasteiger partial charge in [0.25, 0.3) is 0 Å². The fourth-order valence-electron chi connectivity index (χ4n) is 2.80. The van der Waals surface area contributed by atoms with E-state index in [1.807, 2.05) is 0 Å². The molecule has 1 saturated heterocycles. The lowest BCUT2D eigenvalue weighted by Crippen LogP contribution is -2.52. The zero-order valence-electron chi connectivity index (χ0n) is 13.9. The predicted octanol–water partition coefficient (Wildman–Crippen LogP) is 2.16. The Labute approximate surface area is 139 Å². The van der Waals surface area contributed by atoms with E-state index in [2.05, 4.69) is 4.90 Å². The van der Waals surface area contributed by atoms with Gasteiger partial charge in [0.15, 0.2) is 0 Å². The summed E-state index contributed by atoms with van der Waals surface area (Å²) < 4.78 is 37.6. The molecule has 1 aromatic carbocycles. The molecule has 0 aromatic heterocycles. The third-order valence-electron chi connectivity index (χ3n) is 3.97. The molecule has 4 nitrogen and oxygen atoms in total. The van der Waals surface area contributed by atoms with Gasteiger partial charge in [0, 0.05) is 32.7 Å². The molecule has 0 bridgehead atoms. The molecule has 2 rings (SSSR count). The standard InChI is InChI=1S/C17H23F3N2O2/c1-16(2,24)12-21-7-9-22(10-8-21)15(23)11-13-3-5-14(6-4-13)17(18,19)20/h3-6,24H,7-12H2,1-2H3. The maximum absolute atomic E-state index is 12.5. The van der Waals surface area contributed by atoms with Crippen LogP contribution in [-0.4, -0.2) is 59.1 Å². The number of hydrogen-bond donors (Lipinski definition) is 1. The highest BCUT2D eigenvalue weighted by Gasteiger charge is 2.30. The smallest absolute Gasteiger partial charge is 0.389 e. The highest BCUT2D eigenvalue weighted by Crippen LogP contribution is 2.29. The number of alkyl halides is 3. The summed E-state index contributed by atoms with van der Waals surface area (Å²) in [4.78, 5) is 16.1. The maximum atomic E-state index is 12.5. The van der Waals surface area contributed by atoms with Crippen LogP contribution in [0.25, 0.3) is 0 Å². The minimum absolute atomic E-state index is 0.0855. The third kappa shape index (κ3) is 5.49. The summed E-state index contributed by atoms with van der Waals surface area (Å²) >= 11 is 0. The minimum atomic E-state index is -4.36. The number of aliphatic hydroxyl groups is 1. The first-order valence-corrected chi connectivity index (χ1v) is 7.93. The van der Waals surface area contributed by atoms with Crippen LogP contribution in [-0.2, 0) is 17.4 Å². The number of hydrogen-bond acceptors (Lipinski definition) is 3. The van der Waals surface area contributed by atoms with Gasteiger partial charge in [0.2, 0.25) is 5.91 Å². The minimum Gasteiger partial charge on any atom is -0.389 e.